The summed E-state index contributed by atoms with van der Waals surface area (Å²) in [5, 5.41) is 7.83. The number of halogens is 3. The van der Waals surface area contributed by atoms with Gasteiger partial charge in [0, 0.05) is 5.92 Å². The van der Waals surface area contributed by atoms with E-state index in [2.05, 4.69) is 20.1 Å². The number of hydrogen-bond acceptors (Lipinski definition) is 4. The molecule has 0 radical (unpaired) electrons. The molecule has 1 spiro atoms. The van der Waals surface area contributed by atoms with E-state index in [1.54, 1.807) is 16.8 Å². The van der Waals surface area contributed by atoms with Gasteiger partial charge in [0.25, 0.3) is 0 Å². The van der Waals surface area contributed by atoms with Gasteiger partial charge in [0.05, 0.1) is 5.69 Å². The van der Waals surface area contributed by atoms with Crippen molar-refractivity contribution < 1.29 is 17.9 Å². The first-order valence-electron chi connectivity index (χ1n) is 8.37. The van der Waals surface area contributed by atoms with E-state index in [1.165, 1.54) is 12.1 Å². The van der Waals surface area contributed by atoms with Gasteiger partial charge in [-0.15, -0.1) is 13.2 Å². The third-order valence-corrected chi connectivity index (χ3v) is 5.15. The van der Waals surface area contributed by atoms with Crippen molar-refractivity contribution in [3.05, 3.63) is 35.9 Å². The molecule has 1 aliphatic heterocycles. The van der Waals surface area contributed by atoms with Gasteiger partial charge in [-0.25, -0.2) is 9.67 Å². The molecule has 0 bridgehead atoms. The highest BCUT2D eigenvalue weighted by molar-refractivity contribution is 5.39. The second-order valence-corrected chi connectivity index (χ2v) is 6.84. The predicted molar refractivity (Wildman–Crippen MR) is 84.7 cm³/mol. The first kappa shape index (κ1) is 16.4. The minimum absolute atomic E-state index is 0.240. The second-order valence-electron chi connectivity index (χ2n) is 6.84. The molecule has 5 nitrogen and oxygen atoms in total. The molecule has 2 heterocycles. The molecule has 1 atom stereocenters. The van der Waals surface area contributed by atoms with Crippen molar-refractivity contribution in [2.24, 2.45) is 5.41 Å². The molecule has 1 unspecified atom stereocenters. The average Bonchev–Trinajstić information content (AvgIpc) is 3.08. The van der Waals surface area contributed by atoms with Gasteiger partial charge in [-0.3, -0.25) is 0 Å². The Morgan fingerprint density at radius 3 is 2.52 bits per heavy atom. The SMILES string of the molecule is Cc1nc(C2CC23CCNCC3)n(-c2ccc(OC(F)(F)F)cc2)n1. The summed E-state index contributed by atoms with van der Waals surface area (Å²) < 4.78 is 42.6. The van der Waals surface area contributed by atoms with Crippen LogP contribution in [-0.4, -0.2) is 34.2 Å². The Morgan fingerprint density at radius 2 is 1.88 bits per heavy atom. The van der Waals surface area contributed by atoms with Crippen molar-refractivity contribution in [2.45, 2.75) is 38.5 Å². The standard InChI is InChI=1S/C17H19F3N4O/c1-11-22-15(14-10-16(14)6-8-21-9-7-16)24(23-11)12-2-4-13(5-3-12)25-17(18,19)20/h2-5,14,21H,6-10H2,1H3. The normalized spacial score (nSPS) is 22.2. The predicted octanol–water partition coefficient (Wildman–Crippen LogP) is 3.33. The highest BCUT2D eigenvalue weighted by Crippen LogP contribution is 2.63. The zero-order valence-corrected chi connectivity index (χ0v) is 13.8. The zero-order valence-electron chi connectivity index (χ0n) is 13.8. The van der Waals surface area contributed by atoms with E-state index in [9.17, 15) is 13.2 Å². The van der Waals surface area contributed by atoms with Crippen LogP contribution < -0.4 is 10.1 Å². The van der Waals surface area contributed by atoms with E-state index in [-0.39, 0.29) is 5.75 Å². The Labute approximate surface area is 143 Å². The number of aromatic nitrogens is 3. The van der Waals surface area contributed by atoms with Crippen LogP contribution in [0.15, 0.2) is 24.3 Å². The number of ether oxygens (including phenoxy) is 1. The van der Waals surface area contributed by atoms with Crippen molar-refractivity contribution in [1.82, 2.24) is 20.1 Å². The second kappa shape index (κ2) is 5.72. The van der Waals surface area contributed by atoms with E-state index in [1.807, 2.05) is 6.92 Å². The van der Waals surface area contributed by atoms with Crippen molar-refractivity contribution in [3.8, 4) is 11.4 Å². The van der Waals surface area contributed by atoms with Crippen molar-refractivity contribution in [3.63, 3.8) is 0 Å². The minimum atomic E-state index is -4.69. The molecule has 1 N–H and O–H groups in total. The van der Waals surface area contributed by atoms with Crippen LogP contribution >= 0.6 is 0 Å². The Hall–Kier alpha value is -2.09. The molecule has 2 aliphatic rings. The molecule has 8 heteroatoms. The van der Waals surface area contributed by atoms with E-state index < -0.39 is 6.36 Å². The van der Waals surface area contributed by atoms with E-state index in [0.29, 0.717) is 22.8 Å². The Morgan fingerprint density at radius 1 is 1.20 bits per heavy atom. The topological polar surface area (TPSA) is 52.0 Å². The third-order valence-electron chi connectivity index (χ3n) is 5.15. The molecule has 1 saturated heterocycles. The molecule has 1 aliphatic carbocycles. The number of benzene rings is 1. The molecule has 4 rings (SSSR count). The fourth-order valence-corrected chi connectivity index (χ4v) is 3.83. The Kier molecular flexibility index (Phi) is 3.75. The largest absolute Gasteiger partial charge is 0.573 e. The number of nitrogens with one attached hydrogen (secondary N) is 1. The van der Waals surface area contributed by atoms with Crippen LogP contribution in [0, 0.1) is 12.3 Å². The molecule has 2 fully saturated rings. The number of hydrogen-bond donors (Lipinski definition) is 1. The van der Waals surface area contributed by atoms with Gasteiger partial charge in [0.15, 0.2) is 0 Å². The van der Waals surface area contributed by atoms with Gasteiger partial charge in [-0.2, -0.15) is 5.10 Å². The molecule has 1 saturated carbocycles. The fourth-order valence-electron chi connectivity index (χ4n) is 3.83. The zero-order chi connectivity index (χ0) is 17.7. The summed E-state index contributed by atoms with van der Waals surface area (Å²) in [5.74, 6) is 1.70. The minimum Gasteiger partial charge on any atom is -0.406 e. The van der Waals surface area contributed by atoms with Crippen LogP contribution in [0.3, 0.4) is 0 Å². The van der Waals surface area contributed by atoms with Gasteiger partial charge >= 0.3 is 6.36 Å². The molecular formula is C17H19F3N4O. The summed E-state index contributed by atoms with van der Waals surface area (Å²) >= 11 is 0. The lowest BCUT2D eigenvalue weighted by atomic mass is 9.92. The van der Waals surface area contributed by atoms with E-state index in [0.717, 1.165) is 38.2 Å². The number of alkyl halides is 3. The Bertz CT molecular complexity index is 763. The summed E-state index contributed by atoms with van der Waals surface area (Å²) in [7, 11) is 0. The van der Waals surface area contributed by atoms with Crippen molar-refractivity contribution >= 4 is 0 Å². The van der Waals surface area contributed by atoms with Crippen LogP contribution in [0.2, 0.25) is 0 Å². The number of nitrogens with zero attached hydrogens (tertiary/aromatic N) is 3. The smallest absolute Gasteiger partial charge is 0.406 e. The first-order chi connectivity index (χ1) is 11.9. The maximum Gasteiger partial charge on any atom is 0.573 e. The Balaban J connectivity index is 1.59. The van der Waals surface area contributed by atoms with Crippen LogP contribution in [0.5, 0.6) is 5.75 Å². The van der Waals surface area contributed by atoms with Gasteiger partial charge in [0.1, 0.15) is 17.4 Å². The number of rotatable bonds is 3. The van der Waals surface area contributed by atoms with Gasteiger partial charge in [-0.1, -0.05) is 0 Å². The van der Waals surface area contributed by atoms with Gasteiger partial charge < -0.3 is 10.1 Å². The average molecular weight is 352 g/mol. The molecule has 0 amide bonds. The van der Waals surface area contributed by atoms with Crippen molar-refractivity contribution in [2.75, 3.05) is 13.1 Å². The maximum absolute atomic E-state index is 12.3. The van der Waals surface area contributed by atoms with E-state index in [4.69, 9.17) is 0 Å². The third kappa shape index (κ3) is 3.22. The maximum atomic E-state index is 12.3. The van der Waals surface area contributed by atoms with Gasteiger partial charge in [0.2, 0.25) is 0 Å². The number of aryl methyl sites for hydroxylation is 1. The molecule has 1 aromatic heterocycles. The lowest BCUT2D eigenvalue weighted by molar-refractivity contribution is -0.274. The highest BCUT2D eigenvalue weighted by Gasteiger charge is 2.56. The van der Waals surface area contributed by atoms with Crippen molar-refractivity contribution in [1.29, 1.82) is 0 Å². The van der Waals surface area contributed by atoms with Crippen LogP contribution in [-0.2, 0) is 0 Å². The highest BCUT2D eigenvalue weighted by atomic mass is 19.4. The summed E-state index contributed by atoms with van der Waals surface area (Å²) in [4.78, 5) is 4.60. The number of piperidine rings is 1. The van der Waals surface area contributed by atoms with Crippen LogP contribution in [0.1, 0.15) is 36.8 Å². The van der Waals surface area contributed by atoms with Crippen LogP contribution in [0.4, 0.5) is 13.2 Å². The molecule has 1 aromatic carbocycles. The molecule has 134 valence electrons. The monoisotopic (exact) mass is 352 g/mol. The van der Waals surface area contributed by atoms with Crippen LogP contribution in [0.25, 0.3) is 5.69 Å². The lowest BCUT2D eigenvalue weighted by Crippen LogP contribution is -2.29. The lowest BCUT2D eigenvalue weighted by Gasteiger charge is -2.23. The first-order valence-corrected chi connectivity index (χ1v) is 8.37. The fraction of sp³-hybridized carbons (Fsp3) is 0.529. The summed E-state index contributed by atoms with van der Waals surface area (Å²) in [6.07, 6.45) is -1.34. The van der Waals surface area contributed by atoms with Gasteiger partial charge in [-0.05, 0) is 69.0 Å². The molecule has 2 aromatic rings. The molecular weight excluding hydrogens is 333 g/mol. The van der Waals surface area contributed by atoms with E-state index >= 15 is 0 Å². The summed E-state index contributed by atoms with van der Waals surface area (Å²) in [6, 6.07) is 5.76. The quantitative estimate of drug-likeness (QED) is 0.921. The summed E-state index contributed by atoms with van der Waals surface area (Å²) in [5.41, 5.74) is 1.00. The summed E-state index contributed by atoms with van der Waals surface area (Å²) in [6.45, 7) is 3.87. The molecule has 25 heavy (non-hydrogen) atoms.